The number of nitrogens with one attached hydrogen (secondary N) is 1. The number of rotatable bonds is 6. The first-order valence-corrected chi connectivity index (χ1v) is 9.71. The minimum absolute atomic E-state index is 0.0630. The van der Waals surface area contributed by atoms with Crippen molar-refractivity contribution in [2.75, 3.05) is 38.2 Å². The Morgan fingerprint density at radius 3 is 2.33 bits per heavy atom. The van der Waals surface area contributed by atoms with Gasteiger partial charge in [-0.05, 0) is 36.8 Å². The molecule has 1 aliphatic heterocycles. The quantitative estimate of drug-likeness (QED) is 0.776. The van der Waals surface area contributed by atoms with Gasteiger partial charge in [0.2, 0.25) is 5.91 Å². The van der Waals surface area contributed by atoms with Gasteiger partial charge in [0.1, 0.15) is 11.6 Å². The van der Waals surface area contributed by atoms with Gasteiger partial charge in [0, 0.05) is 38.9 Å². The number of hydrogen-bond acceptors (Lipinski definition) is 5. The Morgan fingerprint density at radius 2 is 1.80 bits per heavy atom. The third kappa shape index (κ3) is 5.41. The summed E-state index contributed by atoms with van der Waals surface area (Å²) in [5.41, 5.74) is 0.224. The Hall–Kier alpha value is -2.81. The van der Waals surface area contributed by atoms with Crippen LogP contribution in [0.5, 0.6) is 5.75 Å². The molecule has 0 spiro atoms. The van der Waals surface area contributed by atoms with E-state index in [-0.39, 0.29) is 11.9 Å². The molecule has 9 heteroatoms. The van der Waals surface area contributed by atoms with Crippen LogP contribution in [-0.2, 0) is 17.5 Å². The Kier molecular flexibility index (Phi) is 6.81. The van der Waals surface area contributed by atoms with E-state index >= 15 is 0 Å². The van der Waals surface area contributed by atoms with Crippen molar-refractivity contribution in [3.8, 4) is 5.75 Å². The van der Waals surface area contributed by atoms with E-state index < -0.39 is 11.7 Å². The van der Waals surface area contributed by atoms with Crippen LogP contribution in [0.15, 0.2) is 42.6 Å². The summed E-state index contributed by atoms with van der Waals surface area (Å²) in [6.45, 7) is 4.72. The maximum absolute atomic E-state index is 12.7. The first kappa shape index (κ1) is 21.9. The minimum atomic E-state index is -4.39. The lowest BCUT2D eigenvalue weighted by atomic mass is 10.2. The van der Waals surface area contributed by atoms with Crippen molar-refractivity contribution in [3.63, 3.8) is 0 Å². The molecule has 1 atom stereocenters. The summed E-state index contributed by atoms with van der Waals surface area (Å²) >= 11 is 0. The fraction of sp³-hybridized carbons (Fsp3) is 0.429. The predicted octanol–water partition coefficient (Wildman–Crippen LogP) is 2.94. The second-order valence-corrected chi connectivity index (χ2v) is 7.17. The SMILES string of the molecule is COc1ccc(CNC(=O)[C@@H](C)N2CCN(c3ccc(C(F)(F)F)cn3)CC2)cc1. The lowest BCUT2D eigenvalue weighted by Gasteiger charge is -2.38. The molecule has 1 N–H and O–H groups in total. The van der Waals surface area contributed by atoms with Crippen LogP contribution in [0.25, 0.3) is 0 Å². The van der Waals surface area contributed by atoms with Gasteiger partial charge in [-0.25, -0.2) is 4.98 Å². The molecule has 3 rings (SSSR count). The molecule has 0 aliphatic carbocycles. The highest BCUT2D eigenvalue weighted by Gasteiger charge is 2.31. The number of carbonyl (C=O) groups is 1. The van der Waals surface area contributed by atoms with E-state index in [0.717, 1.165) is 23.6 Å². The number of aromatic nitrogens is 1. The van der Waals surface area contributed by atoms with E-state index in [9.17, 15) is 18.0 Å². The van der Waals surface area contributed by atoms with Crippen LogP contribution in [0, 0.1) is 0 Å². The van der Waals surface area contributed by atoms with Crippen LogP contribution in [-0.4, -0.2) is 55.1 Å². The molecule has 2 aromatic rings. The zero-order chi connectivity index (χ0) is 21.7. The summed E-state index contributed by atoms with van der Waals surface area (Å²) in [4.78, 5) is 20.4. The largest absolute Gasteiger partial charge is 0.497 e. The fourth-order valence-corrected chi connectivity index (χ4v) is 3.33. The summed E-state index contributed by atoms with van der Waals surface area (Å²) in [6, 6.07) is 9.64. The predicted molar refractivity (Wildman–Crippen MR) is 107 cm³/mol. The highest BCUT2D eigenvalue weighted by molar-refractivity contribution is 5.81. The lowest BCUT2D eigenvalue weighted by Crippen LogP contribution is -2.54. The molecule has 0 bridgehead atoms. The third-order valence-electron chi connectivity index (χ3n) is 5.27. The second-order valence-electron chi connectivity index (χ2n) is 7.17. The van der Waals surface area contributed by atoms with Gasteiger partial charge in [0.15, 0.2) is 0 Å². The molecule has 1 aliphatic rings. The van der Waals surface area contributed by atoms with Gasteiger partial charge < -0.3 is 15.0 Å². The van der Waals surface area contributed by atoms with Gasteiger partial charge in [-0.15, -0.1) is 0 Å². The molecule has 0 saturated carbocycles. The van der Waals surface area contributed by atoms with E-state index in [1.54, 1.807) is 7.11 Å². The molecule has 6 nitrogen and oxygen atoms in total. The number of ether oxygens (including phenoxy) is 1. The molecule has 1 aromatic carbocycles. The van der Waals surface area contributed by atoms with Crippen molar-refractivity contribution in [2.45, 2.75) is 25.7 Å². The average molecular weight is 422 g/mol. The maximum Gasteiger partial charge on any atom is 0.417 e. The van der Waals surface area contributed by atoms with E-state index in [1.165, 1.54) is 6.07 Å². The maximum atomic E-state index is 12.7. The number of piperazine rings is 1. The molecular formula is C21H25F3N4O2. The molecule has 1 aromatic heterocycles. The number of nitrogens with zero attached hydrogens (tertiary/aromatic N) is 3. The second kappa shape index (κ2) is 9.34. The molecule has 2 heterocycles. The van der Waals surface area contributed by atoms with Gasteiger partial charge >= 0.3 is 6.18 Å². The van der Waals surface area contributed by atoms with Gasteiger partial charge in [-0.3, -0.25) is 9.69 Å². The van der Waals surface area contributed by atoms with Crippen LogP contribution in [0.3, 0.4) is 0 Å². The van der Waals surface area contributed by atoms with Crippen molar-refractivity contribution in [1.82, 2.24) is 15.2 Å². The van der Waals surface area contributed by atoms with E-state index in [4.69, 9.17) is 4.74 Å². The Balaban J connectivity index is 1.48. The fourth-order valence-electron chi connectivity index (χ4n) is 3.33. The number of hydrogen-bond donors (Lipinski definition) is 1. The van der Waals surface area contributed by atoms with Crippen LogP contribution in [0.2, 0.25) is 0 Å². The first-order valence-electron chi connectivity index (χ1n) is 9.71. The summed E-state index contributed by atoms with van der Waals surface area (Å²) in [6.07, 6.45) is -3.53. The van der Waals surface area contributed by atoms with Gasteiger partial charge in [0.25, 0.3) is 0 Å². The van der Waals surface area contributed by atoms with Crippen molar-refractivity contribution >= 4 is 11.7 Å². The van der Waals surface area contributed by atoms with E-state index in [0.29, 0.717) is 38.5 Å². The zero-order valence-electron chi connectivity index (χ0n) is 16.9. The Bertz CT molecular complexity index is 833. The number of amides is 1. The van der Waals surface area contributed by atoms with Crippen molar-refractivity contribution in [1.29, 1.82) is 0 Å². The first-order chi connectivity index (χ1) is 14.3. The van der Waals surface area contributed by atoms with Crippen LogP contribution in [0.1, 0.15) is 18.1 Å². The summed E-state index contributed by atoms with van der Waals surface area (Å²) < 4.78 is 43.2. The summed E-state index contributed by atoms with van der Waals surface area (Å²) in [5.74, 6) is 1.21. The molecule has 0 unspecified atom stereocenters. The van der Waals surface area contributed by atoms with Crippen LogP contribution < -0.4 is 15.0 Å². The molecule has 1 fully saturated rings. The molecule has 1 saturated heterocycles. The number of benzene rings is 1. The van der Waals surface area contributed by atoms with E-state index in [2.05, 4.69) is 15.2 Å². The zero-order valence-corrected chi connectivity index (χ0v) is 16.9. The summed E-state index contributed by atoms with van der Waals surface area (Å²) in [5, 5.41) is 2.94. The standard InChI is InChI=1S/C21H25F3N4O2/c1-15(20(29)26-13-16-3-6-18(30-2)7-4-16)27-9-11-28(12-10-27)19-8-5-17(14-25-19)21(22,23)24/h3-8,14-15H,9-13H2,1-2H3,(H,26,29)/t15-/m1/s1. The Labute approximate surface area is 173 Å². The van der Waals surface area contributed by atoms with Crippen LogP contribution in [0.4, 0.5) is 19.0 Å². The van der Waals surface area contributed by atoms with Crippen molar-refractivity contribution in [3.05, 3.63) is 53.7 Å². The monoisotopic (exact) mass is 422 g/mol. The number of halogens is 3. The third-order valence-corrected chi connectivity index (χ3v) is 5.27. The van der Waals surface area contributed by atoms with Gasteiger partial charge in [0.05, 0.1) is 18.7 Å². The number of anilines is 1. The summed E-state index contributed by atoms with van der Waals surface area (Å²) in [7, 11) is 1.60. The smallest absolute Gasteiger partial charge is 0.417 e. The highest BCUT2D eigenvalue weighted by atomic mass is 19.4. The highest BCUT2D eigenvalue weighted by Crippen LogP contribution is 2.29. The lowest BCUT2D eigenvalue weighted by molar-refractivity contribution is -0.137. The molecule has 30 heavy (non-hydrogen) atoms. The molecule has 0 radical (unpaired) electrons. The minimum Gasteiger partial charge on any atom is -0.497 e. The van der Waals surface area contributed by atoms with Gasteiger partial charge in [-0.1, -0.05) is 12.1 Å². The number of carbonyl (C=O) groups excluding carboxylic acids is 1. The molecule has 162 valence electrons. The van der Waals surface area contributed by atoms with Crippen LogP contribution >= 0.6 is 0 Å². The molecular weight excluding hydrogens is 397 g/mol. The normalized spacial score (nSPS) is 16.2. The number of alkyl halides is 3. The van der Waals surface area contributed by atoms with E-state index in [1.807, 2.05) is 36.1 Å². The average Bonchev–Trinajstić information content (AvgIpc) is 2.77. The Morgan fingerprint density at radius 1 is 1.13 bits per heavy atom. The van der Waals surface area contributed by atoms with Gasteiger partial charge in [-0.2, -0.15) is 13.2 Å². The van der Waals surface area contributed by atoms with Crippen molar-refractivity contribution in [2.24, 2.45) is 0 Å². The van der Waals surface area contributed by atoms with Crippen molar-refractivity contribution < 1.29 is 22.7 Å². The topological polar surface area (TPSA) is 57.7 Å². The number of methoxy groups -OCH3 is 1. The number of pyridine rings is 1. The molecule has 1 amide bonds.